The van der Waals surface area contributed by atoms with Gasteiger partial charge in [0, 0.05) is 17.0 Å². The van der Waals surface area contributed by atoms with Crippen LogP contribution in [0.5, 0.6) is 0 Å². The van der Waals surface area contributed by atoms with Gasteiger partial charge in [-0.15, -0.1) is 12.4 Å². The summed E-state index contributed by atoms with van der Waals surface area (Å²) in [4.78, 5) is 17.5. The lowest BCUT2D eigenvalue weighted by Gasteiger charge is -2.23. The quantitative estimate of drug-likeness (QED) is 0.610. The monoisotopic (exact) mass is 409 g/mol. The SMILES string of the molecule is Cl.O=C(Nc1ccccc1-c1nc(-c2ccccc2)n[nH]1)C1CC12CCNCC2. The van der Waals surface area contributed by atoms with E-state index in [1.165, 1.54) is 0 Å². The van der Waals surface area contributed by atoms with Crippen molar-refractivity contribution in [2.45, 2.75) is 19.3 Å². The Hall–Kier alpha value is -2.70. The van der Waals surface area contributed by atoms with E-state index in [1.54, 1.807) is 0 Å². The Morgan fingerprint density at radius 1 is 1.03 bits per heavy atom. The largest absolute Gasteiger partial charge is 0.325 e. The number of aromatic amines is 1. The lowest BCUT2D eigenvalue weighted by atomic mass is 9.91. The first-order valence-electron chi connectivity index (χ1n) is 9.84. The second-order valence-electron chi connectivity index (χ2n) is 7.78. The van der Waals surface area contributed by atoms with E-state index in [1.807, 2.05) is 54.6 Å². The molecule has 6 nitrogen and oxygen atoms in total. The summed E-state index contributed by atoms with van der Waals surface area (Å²) in [6.07, 6.45) is 3.19. The van der Waals surface area contributed by atoms with Crippen LogP contribution in [0.2, 0.25) is 0 Å². The van der Waals surface area contributed by atoms with Gasteiger partial charge in [0.25, 0.3) is 0 Å². The highest BCUT2D eigenvalue weighted by Gasteiger charge is 2.57. The maximum Gasteiger partial charge on any atom is 0.228 e. The molecule has 1 atom stereocenters. The van der Waals surface area contributed by atoms with Gasteiger partial charge in [-0.05, 0) is 49.9 Å². The molecule has 0 bridgehead atoms. The third-order valence-corrected chi connectivity index (χ3v) is 6.06. The number of hydrogen-bond acceptors (Lipinski definition) is 4. The third-order valence-electron chi connectivity index (χ3n) is 6.06. The Balaban J connectivity index is 0.00000205. The lowest BCUT2D eigenvalue weighted by Crippen LogP contribution is -2.31. The van der Waals surface area contributed by atoms with Crippen molar-refractivity contribution >= 4 is 24.0 Å². The van der Waals surface area contributed by atoms with E-state index in [4.69, 9.17) is 0 Å². The second-order valence-corrected chi connectivity index (χ2v) is 7.78. The summed E-state index contributed by atoms with van der Waals surface area (Å²) in [6, 6.07) is 17.6. The van der Waals surface area contributed by atoms with Gasteiger partial charge in [-0.25, -0.2) is 4.98 Å². The van der Waals surface area contributed by atoms with Crippen molar-refractivity contribution in [3.63, 3.8) is 0 Å². The molecule has 2 heterocycles. The average molecular weight is 410 g/mol. The van der Waals surface area contributed by atoms with Crippen LogP contribution in [0.4, 0.5) is 5.69 Å². The fourth-order valence-electron chi connectivity index (χ4n) is 4.31. The number of aromatic nitrogens is 3. The van der Waals surface area contributed by atoms with E-state index in [0.29, 0.717) is 11.6 Å². The molecule has 3 N–H and O–H groups in total. The van der Waals surface area contributed by atoms with E-state index in [2.05, 4.69) is 25.8 Å². The van der Waals surface area contributed by atoms with Crippen LogP contribution in [0.15, 0.2) is 54.6 Å². The molecule has 1 unspecified atom stereocenters. The number of anilines is 1. The standard InChI is InChI=1S/C22H23N5O.ClH/c28-21(17-14-22(17)10-12-23-13-11-22)24-18-9-5-4-8-16(18)20-25-19(26-27-20)15-6-2-1-3-7-15;/h1-9,17,23H,10-14H2,(H,24,28)(H,25,26,27);1H. The molecule has 5 rings (SSSR count). The Labute approximate surface area is 175 Å². The highest BCUT2D eigenvalue weighted by Crippen LogP contribution is 2.58. The number of carbonyl (C=O) groups is 1. The summed E-state index contributed by atoms with van der Waals surface area (Å²) in [7, 11) is 0. The molecule has 2 aromatic carbocycles. The molecule has 1 aromatic heterocycles. The van der Waals surface area contributed by atoms with Crippen LogP contribution in [0.3, 0.4) is 0 Å². The van der Waals surface area contributed by atoms with Gasteiger partial charge in [-0.1, -0.05) is 42.5 Å². The van der Waals surface area contributed by atoms with Crippen molar-refractivity contribution < 1.29 is 4.79 Å². The summed E-state index contributed by atoms with van der Waals surface area (Å²) in [5, 5.41) is 13.9. The normalized spacial score (nSPS) is 19.4. The summed E-state index contributed by atoms with van der Waals surface area (Å²) >= 11 is 0. The maximum absolute atomic E-state index is 12.9. The topological polar surface area (TPSA) is 82.7 Å². The maximum atomic E-state index is 12.9. The van der Waals surface area contributed by atoms with Crippen molar-refractivity contribution in [1.29, 1.82) is 0 Å². The van der Waals surface area contributed by atoms with E-state index >= 15 is 0 Å². The minimum atomic E-state index is 0. The van der Waals surface area contributed by atoms with Gasteiger partial charge in [0.2, 0.25) is 5.91 Å². The minimum Gasteiger partial charge on any atom is -0.325 e. The zero-order chi connectivity index (χ0) is 19.0. The molecular formula is C22H24ClN5O. The number of benzene rings is 2. The van der Waals surface area contributed by atoms with Crippen molar-refractivity contribution in [3.05, 3.63) is 54.6 Å². The van der Waals surface area contributed by atoms with Gasteiger partial charge >= 0.3 is 0 Å². The Morgan fingerprint density at radius 3 is 2.55 bits per heavy atom. The molecule has 2 aliphatic rings. The molecule has 1 spiro atoms. The molecule has 29 heavy (non-hydrogen) atoms. The number of nitrogens with zero attached hydrogens (tertiary/aromatic N) is 2. The number of nitrogens with one attached hydrogen (secondary N) is 3. The fraction of sp³-hybridized carbons (Fsp3) is 0.318. The first-order chi connectivity index (χ1) is 13.8. The average Bonchev–Trinajstić information content (AvgIpc) is 3.21. The molecule has 1 saturated carbocycles. The number of para-hydroxylation sites is 1. The number of rotatable bonds is 4. The second kappa shape index (κ2) is 7.97. The smallest absolute Gasteiger partial charge is 0.228 e. The Morgan fingerprint density at radius 2 is 1.76 bits per heavy atom. The van der Waals surface area contributed by atoms with Crippen LogP contribution < -0.4 is 10.6 Å². The zero-order valence-electron chi connectivity index (χ0n) is 16.0. The van der Waals surface area contributed by atoms with Crippen LogP contribution in [0, 0.1) is 11.3 Å². The predicted molar refractivity (Wildman–Crippen MR) is 116 cm³/mol. The molecule has 1 aliphatic carbocycles. The van der Waals surface area contributed by atoms with Gasteiger partial charge in [-0.2, -0.15) is 5.10 Å². The number of piperidine rings is 1. The van der Waals surface area contributed by atoms with Crippen LogP contribution >= 0.6 is 12.4 Å². The van der Waals surface area contributed by atoms with Crippen LogP contribution in [-0.4, -0.2) is 34.2 Å². The summed E-state index contributed by atoms with van der Waals surface area (Å²) in [5.41, 5.74) is 2.80. The van der Waals surface area contributed by atoms with E-state index < -0.39 is 0 Å². The molecule has 2 fully saturated rings. The van der Waals surface area contributed by atoms with E-state index in [0.717, 1.165) is 49.2 Å². The molecule has 150 valence electrons. The highest BCUT2D eigenvalue weighted by atomic mass is 35.5. The fourth-order valence-corrected chi connectivity index (χ4v) is 4.31. The van der Waals surface area contributed by atoms with E-state index in [-0.39, 0.29) is 29.6 Å². The number of hydrogen-bond donors (Lipinski definition) is 3. The first kappa shape index (κ1) is 19.6. The predicted octanol–water partition coefficient (Wildman–Crippen LogP) is 3.89. The number of carbonyl (C=O) groups excluding carboxylic acids is 1. The van der Waals surface area contributed by atoms with Gasteiger partial charge in [-0.3, -0.25) is 9.89 Å². The van der Waals surface area contributed by atoms with Gasteiger partial charge in [0.05, 0.1) is 5.69 Å². The van der Waals surface area contributed by atoms with Crippen LogP contribution in [0.25, 0.3) is 22.8 Å². The lowest BCUT2D eigenvalue weighted by molar-refractivity contribution is -0.118. The summed E-state index contributed by atoms with van der Waals surface area (Å²) in [6.45, 7) is 2.03. The van der Waals surface area contributed by atoms with Crippen molar-refractivity contribution in [2.75, 3.05) is 18.4 Å². The van der Waals surface area contributed by atoms with Crippen molar-refractivity contribution in [2.24, 2.45) is 11.3 Å². The van der Waals surface area contributed by atoms with Gasteiger partial charge < -0.3 is 10.6 Å². The molecule has 1 aliphatic heterocycles. The zero-order valence-corrected chi connectivity index (χ0v) is 16.8. The number of amides is 1. The van der Waals surface area contributed by atoms with Gasteiger partial charge in [0.1, 0.15) is 0 Å². The minimum absolute atomic E-state index is 0. The Kier molecular flexibility index (Phi) is 5.39. The van der Waals surface area contributed by atoms with Crippen LogP contribution in [-0.2, 0) is 4.79 Å². The third kappa shape index (κ3) is 3.78. The van der Waals surface area contributed by atoms with E-state index in [9.17, 15) is 4.79 Å². The molecule has 1 amide bonds. The molecule has 7 heteroatoms. The Bertz CT molecular complexity index is 997. The van der Waals surface area contributed by atoms with Crippen molar-refractivity contribution in [3.8, 4) is 22.8 Å². The highest BCUT2D eigenvalue weighted by molar-refractivity contribution is 5.98. The molecule has 3 aromatic rings. The summed E-state index contributed by atoms with van der Waals surface area (Å²) in [5.74, 6) is 1.55. The van der Waals surface area contributed by atoms with Crippen LogP contribution in [0.1, 0.15) is 19.3 Å². The first-order valence-corrected chi connectivity index (χ1v) is 9.84. The molecule has 0 radical (unpaired) electrons. The van der Waals surface area contributed by atoms with Crippen molar-refractivity contribution in [1.82, 2.24) is 20.5 Å². The van der Waals surface area contributed by atoms with Gasteiger partial charge in [0.15, 0.2) is 11.6 Å². The number of halogens is 1. The number of H-pyrrole nitrogens is 1. The molecular weight excluding hydrogens is 386 g/mol. The molecule has 1 saturated heterocycles. The summed E-state index contributed by atoms with van der Waals surface area (Å²) < 4.78 is 0.